The van der Waals surface area contributed by atoms with Crippen LogP contribution in [0.4, 0.5) is 0 Å². The summed E-state index contributed by atoms with van der Waals surface area (Å²) in [6.45, 7) is 3.76. The van der Waals surface area contributed by atoms with Crippen molar-refractivity contribution < 1.29 is 9.53 Å². The van der Waals surface area contributed by atoms with Gasteiger partial charge in [-0.05, 0) is 5.56 Å². The van der Waals surface area contributed by atoms with Crippen molar-refractivity contribution in [1.82, 2.24) is 0 Å². The Kier molecular flexibility index (Phi) is 5.06. The summed E-state index contributed by atoms with van der Waals surface area (Å²) in [6, 6.07) is 9.87. The van der Waals surface area contributed by atoms with Gasteiger partial charge in [0.15, 0.2) is 5.78 Å². The number of rotatable bonds is 6. The molecule has 0 unspecified atom stereocenters. The van der Waals surface area contributed by atoms with E-state index in [0.717, 1.165) is 5.56 Å². The van der Waals surface area contributed by atoms with Crippen LogP contribution in [0.1, 0.15) is 17.9 Å². The van der Waals surface area contributed by atoms with Crippen molar-refractivity contribution in [3.05, 3.63) is 60.9 Å². The Bertz CT molecular complexity index is 366. The number of benzene rings is 1. The summed E-state index contributed by atoms with van der Waals surface area (Å²) >= 11 is 0. The predicted octanol–water partition coefficient (Wildman–Crippen LogP) is 3.08. The average molecular weight is 216 g/mol. The van der Waals surface area contributed by atoms with E-state index in [-0.39, 0.29) is 11.7 Å². The molecule has 0 fully saturated rings. The SMILES string of the molecule is C=C[C@@H](CC(=O)/C=C/OC)c1ccccc1. The molecule has 0 bridgehead atoms. The number of carbonyl (C=O) groups excluding carboxylic acids is 1. The highest BCUT2D eigenvalue weighted by molar-refractivity contribution is 5.90. The fourth-order valence-electron chi connectivity index (χ4n) is 1.47. The Morgan fingerprint density at radius 2 is 2.12 bits per heavy atom. The second-order valence-corrected chi connectivity index (χ2v) is 3.46. The summed E-state index contributed by atoms with van der Waals surface area (Å²) in [4.78, 5) is 11.5. The number of carbonyl (C=O) groups is 1. The van der Waals surface area contributed by atoms with Gasteiger partial charge in [0.2, 0.25) is 0 Å². The van der Waals surface area contributed by atoms with E-state index in [1.54, 1.807) is 6.08 Å². The van der Waals surface area contributed by atoms with E-state index in [1.807, 2.05) is 30.3 Å². The van der Waals surface area contributed by atoms with Gasteiger partial charge in [0.25, 0.3) is 0 Å². The van der Waals surface area contributed by atoms with Gasteiger partial charge in [-0.2, -0.15) is 0 Å². The molecule has 0 amide bonds. The molecule has 84 valence electrons. The summed E-state index contributed by atoms with van der Waals surface area (Å²) in [7, 11) is 1.52. The number of ether oxygens (including phenoxy) is 1. The molecule has 2 heteroatoms. The summed E-state index contributed by atoms with van der Waals surface area (Å²) in [6.07, 6.45) is 5.06. The molecule has 0 aliphatic carbocycles. The first kappa shape index (κ1) is 12.2. The zero-order valence-corrected chi connectivity index (χ0v) is 9.43. The standard InChI is InChI=1S/C14H16O2/c1-3-12(11-14(15)9-10-16-2)13-7-5-4-6-8-13/h3-10,12H,1,11H2,2H3/b10-9+/t12-/m0/s1. The minimum atomic E-state index is 0.0376. The summed E-state index contributed by atoms with van der Waals surface area (Å²) < 4.78 is 4.71. The number of methoxy groups -OCH3 is 1. The monoisotopic (exact) mass is 216 g/mol. The van der Waals surface area contributed by atoms with Crippen LogP contribution in [0, 0.1) is 0 Å². The number of hydrogen-bond donors (Lipinski definition) is 0. The van der Waals surface area contributed by atoms with Gasteiger partial charge in [-0.15, -0.1) is 6.58 Å². The van der Waals surface area contributed by atoms with Gasteiger partial charge >= 0.3 is 0 Å². The molecule has 1 atom stereocenters. The molecule has 16 heavy (non-hydrogen) atoms. The molecule has 0 N–H and O–H groups in total. The third kappa shape index (κ3) is 3.73. The Morgan fingerprint density at radius 1 is 1.44 bits per heavy atom. The lowest BCUT2D eigenvalue weighted by molar-refractivity contribution is -0.114. The lowest BCUT2D eigenvalue weighted by atomic mass is 9.94. The Labute approximate surface area is 96.2 Å². The molecule has 1 aromatic rings. The van der Waals surface area contributed by atoms with Crippen LogP contribution in [-0.2, 0) is 9.53 Å². The quantitative estimate of drug-likeness (QED) is 0.415. The van der Waals surface area contributed by atoms with Crippen LogP contribution in [0.15, 0.2) is 55.3 Å². The zero-order chi connectivity index (χ0) is 11.8. The minimum Gasteiger partial charge on any atom is -0.504 e. The van der Waals surface area contributed by atoms with Crippen molar-refractivity contribution in [1.29, 1.82) is 0 Å². The number of ketones is 1. The van der Waals surface area contributed by atoms with E-state index in [4.69, 9.17) is 4.74 Å². The molecule has 0 aromatic heterocycles. The first-order valence-corrected chi connectivity index (χ1v) is 5.17. The molecule has 0 saturated carbocycles. The molecule has 1 rings (SSSR count). The Hall–Kier alpha value is -1.83. The minimum absolute atomic E-state index is 0.0376. The Morgan fingerprint density at radius 3 is 2.69 bits per heavy atom. The molecule has 1 aromatic carbocycles. The molecular weight excluding hydrogens is 200 g/mol. The van der Waals surface area contributed by atoms with Gasteiger partial charge in [0.1, 0.15) is 0 Å². The van der Waals surface area contributed by atoms with E-state index in [1.165, 1.54) is 19.4 Å². The second-order valence-electron chi connectivity index (χ2n) is 3.46. The summed E-state index contributed by atoms with van der Waals surface area (Å²) in [5.41, 5.74) is 1.11. The van der Waals surface area contributed by atoms with Crippen LogP contribution in [0.3, 0.4) is 0 Å². The molecule has 0 spiro atoms. The van der Waals surface area contributed by atoms with Crippen LogP contribution < -0.4 is 0 Å². The van der Waals surface area contributed by atoms with E-state index < -0.39 is 0 Å². The van der Waals surface area contributed by atoms with Gasteiger partial charge in [-0.1, -0.05) is 36.4 Å². The lowest BCUT2D eigenvalue weighted by Gasteiger charge is -2.10. The maximum absolute atomic E-state index is 11.5. The van der Waals surface area contributed by atoms with Gasteiger partial charge < -0.3 is 4.74 Å². The van der Waals surface area contributed by atoms with Gasteiger partial charge in [0, 0.05) is 18.4 Å². The first-order chi connectivity index (χ1) is 7.77. The molecule has 0 radical (unpaired) electrons. The maximum Gasteiger partial charge on any atom is 0.159 e. The van der Waals surface area contributed by atoms with Crippen molar-refractivity contribution in [2.75, 3.05) is 7.11 Å². The van der Waals surface area contributed by atoms with Crippen molar-refractivity contribution in [2.45, 2.75) is 12.3 Å². The highest BCUT2D eigenvalue weighted by Gasteiger charge is 2.10. The molecule has 0 aliphatic rings. The fourth-order valence-corrected chi connectivity index (χ4v) is 1.47. The first-order valence-electron chi connectivity index (χ1n) is 5.17. The number of allylic oxidation sites excluding steroid dienone is 2. The molecule has 0 heterocycles. The number of hydrogen-bond acceptors (Lipinski definition) is 2. The lowest BCUT2D eigenvalue weighted by Crippen LogP contribution is -2.02. The van der Waals surface area contributed by atoms with E-state index in [0.29, 0.717) is 6.42 Å². The van der Waals surface area contributed by atoms with Crippen molar-refractivity contribution in [3.8, 4) is 0 Å². The normalized spacial score (nSPS) is 12.3. The zero-order valence-electron chi connectivity index (χ0n) is 9.43. The highest BCUT2D eigenvalue weighted by Crippen LogP contribution is 2.20. The second kappa shape index (κ2) is 6.62. The molecule has 2 nitrogen and oxygen atoms in total. The topological polar surface area (TPSA) is 26.3 Å². The van der Waals surface area contributed by atoms with Crippen LogP contribution in [0.5, 0.6) is 0 Å². The molecular formula is C14H16O2. The molecule has 0 aliphatic heterocycles. The summed E-state index contributed by atoms with van der Waals surface area (Å²) in [5, 5.41) is 0. The molecule has 0 saturated heterocycles. The van der Waals surface area contributed by atoms with Gasteiger partial charge in [-0.25, -0.2) is 0 Å². The van der Waals surface area contributed by atoms with Crippen molar-refractivity contribution in [2.24, 2.45) is 0 Å². The fraction of sp³-hybridized carbons (Fsp3) is 0.214. The van der Waals surface area contributed by atoms with E-state index >= 15 is 0 Å². The van der Waals surface area contributed by atoms with Crippen LogP contribution >= 0.6 is 0 Å². The average Bonchev–Trinajstić information content (AvgIpc) is 2.34. The largest absolute Gasteiger partial charge is 0.504 e. The van der Waals surface area contributed by atoms with Gasteiger partial charge in [-0.3, -0.25) is 4.79 Å². The van der Waals surface area contributed by atoms with Crippen molar-refractivity contribution >= 4 is 5.78 Å². The van der Waals surface area contributed by atoms with Gasteiger partial charge in [0.05, 0.1) is 13.4 Å². The van der Waals surface area contributed by atoms with Crippen molar-refractivity contribution in [3.63, 3.8) is 0 Å². The third-order valence-electron chi connectivity index (χ3n) is 2.32. The van der Waals surface area contributed by atoms with Crippen LogP contribution in [0.25, 0.3) is 0 Å². The van der Waals surface area contributed by atoms with E-state index in [2.05, 4.69) is 6.58 Å². The maximum atomic E-state index is 11.5. The third-order valence-corrected chi connectivity index (χ3v) is 2.32. The highest BCUT2D eigenvalue weighted by atomic mass is 16.5. The van der Waals surface area contributed by atoms with Crippen LogP contribution in [-0.4, -0.2) is 12.9 Å². The summed E-state index contributed by atoms with van der Waals surface area (Å²) in [5.74, 6) is 0.103. The Balaban J connectivity index is 2.66. The smallest absolute Gasteiger partial charge is 0.159 e. The predicted molar refractivity (Wildman–Crippen MR) is 65.2 cm³/mol. The van der Waals surface area contributed by atoms with E-state index in [9.17, 15) is 4.79 Å². The van der Waals surface area contributed by atoms with Crippen LogP contribution in [0.2, 0.25) is 0 Å².